The van der Waals surface area contributed by atoms with Gasteiger partial charge in [-0.25, -0.2) is 4.58 Å². The van der Waals surface area contributed by atoms with E-state index in [1.807, 2.05) is 0 Å². The number of aryl methyl sites for hydroxylation is 1. The second kappa shape index (κ2) is 8.65. The van der Waals surface area contributed by atoms with Crippen LogP contribution in [-0.2, 0) is 9.47 Å². The van der Waals surface area contributed by atoms with E-state index in [1.165, 1.54) is 27.7 Å². The van der Waals surface area contributed by atoms with Crippen molar-refractivity contribution >= 4 is 16.7 Å². The van der Waals surface area contributed by atoms with Gasteiger partial charge in [-0.05, 0) is 36.2 Å². The Hall–Kier alpha value is -3.15. The molecule has 2 fully saturated rings. The molecule has 2 aromatic rings. The summed E-state index contributed by atoms with van der Waals surface area (Å²) in [5.41, 5.74) is 7.01. The highest BCUT2D eigenvalue weighted by Crippen LogP contribution is 2.41. The summed E-state index contributed by atoms with van der Waals surface area (Å²) < 4.78 is 20.1. The summed E-state index contributed by atoms with van der Waals surface area (Å²) in [5, 5.41) is 2.34. The van der Waals surface area contributed by atoms with Crippen LogP contribution in [-0.4, -0.2) is 52.6 Å². The van der Waals surface area contributed by atoms with Crippen LogP contribution in [0.4, 0.5) is 5.69 Å². The van der Waals surface area contributed by atoms with E-state index in [9.17, 15) is 0 Å². The fourth-order valence-corrected chi connectivity index (χ4v) is 5.05. The van der Waals surface area contributed by atoms with Crippen molar-refractivity contribution in [2.45, 2.75) is 6.92 Å². The average molecular weight is 442 g/mol. The molecule has 2 saturated heterocycles. The number of anilines is 1. The third kappa shape index (κ3) is 3.81. The van der Waals surface area contributed by atoms with Crippen LogP contribution in [0.25, 0.3) is 33.4 Å². The number of rotatable bonds is 2. The molecule has 0 saturated carbocycles. The molecule has 5 nitrogen and oxygen atoms in total. The third-order valence-corrected chi connectivity index (χ3v) is 6.86. The van der Waals surface area contributed by atoms with Crippen LogP contribution in [0.1, 0.15) is 5.56 Å². The van der Waals surface area contributed by atoms with E-state index in [0.717, 1.165) is 74.9 Å². The molecule has 2 aromatic carbocycles. The summed E-state index contributed by atoms with van der Waals surface area (Å²) in [5.74, 6) is 0.920. The molecule has 0 N–H and O–H groups in total. The van der Waals surface area contributed by atoms with Crippen LogP contribution < -0.4 is 14.8 Å². The number of benzene rings is 3. The lowest BCUT2D eigenvalue weighted by atomic mass is 9.91. The fraction of sp³-hybridized carbons (Fsp3) is 0.321. The minimum atomic E-state index is 0.768. The van der Waals surface area contributed by atoms with Gasteiger partial charge >= 0.3 is 0 Å². The number of fused-ring (bicyclic) bond motifs is 2. The van der Waals surface area contributed by atoms with Crippen molar-refractivity contribution < 1.29 is 13.9 Å². The molecule has 1 aliphatic carbocycles. The molecule has 0 amide bonds. The zero-order chi connectivity index (χ0) is 22.2. The first kappa shape index (κ1) is 20.5. The molecule has 3 heterocycles. The lowest BCUT2D eigenvalue weighted by Gasteiger charge is -2.29. The second-order valence-electron chi connectivity index (χ2n) is 8.85. The molecule has 0 bridgehead atoms. The summed E-state index contributed by atoms with van der Waals surface area (Å²) in [6, 6.07) is 21.9. The van der Waals surface area contributed by atoms with Crippen molar-refractivity contribution in [3.8, 4) is 22.5 Å². The fourth-order valence-electron chi connectivity index (χ4n) is 5.05. The molecule has 6 rings (SSSR count). The predicted molar refractivity (Wildman–Crippen MR) is 132 cm³/mol. The molecule has 4 aliphatic rings. The Kier molecular flexibility index (Phi) is 5.36. The van der Waals surface area contributed by atoms with Gasteiger partial charge in [0.2, 0.25) is 5.36 Å². The number of hydrogen-bond acceptors (Lipinski definition) is 4. The standard InChI is InChI=1S/C28H29N2O3/c1-20-4-2-3-5-23(20)28-24-8-6-21(29-10-14-31-15-11-29)18-26(24)33-27-19-22(7-9-25(27)28)30-12-16-32-17-13-30/h2-9,18-19H,10-17H2,1H3/q+1. The smallest absolute Gasteiger partial charge is 0.203 e. The van der Waals surface area contributed by atoms with Crippen molar-refractivity contribution in [2.75, 3.05) is 57.5 Å². The van der Waals surface area contributed by atoms with Crippen LogP contribution in [0.15, 0.2) is 65.1 Å². The van der Waals surface area contributed by atoms with E-state index >= 15 is 0 Å². The second-order valence-corrected chi connectivity index (χ2v) is 8.85. The topological polar surface area (TPSA) is 37.9 Å². The van der Waals surface area contributed by atoms with E-state index in [-0.39, 0.29) is 0 Å². The quantitative estimate of drug-likeness (QED) is 0.346. The lowest BCUT2D eigenvalue weighted by Crippen LogP contribution is -2.39. The van der Waals surface area contributed by atoms with Gasteiger partial charge in [-0.15, -0.1) is 0 Å². The first-order valence-electron chi connectivity index (χ1n) is 11.8. The highest BCUT2D eigenvalue weighted by atomic mass is 16.5. The maximum Gasteiger partial charge on any atom is 0.203 e. The van der Waals surface area contributed by atoms with Gasteiger partial charge in [0, 0.05) is 47.4 Å². The van der Waals surface area contributed by atoms with Crippen LogP contribution in [0, 0.1) is 6.92 Å². The molecule has 33 heavy (non-hydrogen) atoms. The van der Waals surface area contributed by atoms with Gasteiger partial charge in [-0.1, -0.05) is 24.3 Å². The largest absolute Gasteiger partial charge is 0.456 e. The summed E-state index contributed by atoms with van der Waals surface area (Å²) >= 11 is 0. The zero-order valence-corrected chi connectivity index (χ0v) is 19.0. The molecule has 0 unspecified atom stereocenters. The van der Waals surface area contributed by atoms with Crippen molar-refractivity contribution in [3.63, 3.8) is 0 Å². The minimum absolute atomic E-state index is 0.768. The number of morpholine rings is 2. The van der Waals surface area contributed by atoms with Crippen molar-refractivity contribution in [1.82, 2.24) is 4.58 Å². The molecule has 5 heteroatoms. The molecule has 0 spiro atoms. The van der Waals surface area contributed by atoms with Gasteiger partial charge in [0.25, 0.3) is 0 Å². The van der Waals surface area contributed by atoms with E-state index in [1.54, 1.807) is 0 Å². The Morgan fingerprint density at radius 1 is 0.788 bits per heavy atom. The Morgan fingerprint density at radius 2 is 1.58 bits per heavy atom. The number of ether oxygens (including phenoxy) is 2. The molecule has 3 aliphatic heterocycles. The van der Waals surface area contributed by atoms with E-state index < -0.39 is 0 Å². The molecular weight excluding hydrogens is 412 g/mol. The maximum absolute atomic E-state index is 6.60. The van der Waals surface area contributed by atoms with Crippen LogP contribution in [0.2, 0.25) is 0 Å². The Morgan fingerprint density at radius 3 is 2.39 bits per heavy atom. The van der Waals surface area contributed by atoms with Crippen molar-refractivity contribution in [3.05, 3.63) is 71.6 Å². The first-order valence-corrected chi connectivity index (χ1v) is 11.8. The van der Waals surface area contributed by atoms with Gasteiger partial charge in [0.15, 0.2) is 13.1 Å². The number of hydrogen-bond donors (Lipinski definition) is 0. The van der Waals surface area contributed by atoms with Crippen LogP contribution in [0.3, 0.4) is 0 Å². The monoisotopic (exact) mass is 441 g/mol. The van der Waals surface area contributed by atoms with Gasteiger partial charge in [0.1, 0.15) is 24.6 Å². The van der Waals surface area contributed by atoms with Gasteiger partial charge in [0.05, 0.1) is 19.3 Å². The molecular formula is C28H29N2O3+. The maximum atomic E-state index is 6.60. The SMILES string of the molecule is Cc1ccccc1-c1c2ccc(=[N+]3CCOCC3)cc-2oc2cc(N3CCOCC3)ccc12. The highest BCUT2D eigenvalue weighted by molar-refractivity contribution is 6.03. The zero-order valence-electron chi connectivity index (χ0n) is 19.0. The molecule has 0 radical (unpaired) electrons. The summed E-state index contributed by atoms with van der Waals surface area (Å²) in [6.07, 6.45) is 0. The van der Waals surface area contributed by atoms with E-state index in [2.05, 4.69) is 77.1 Å². The summed E-state index contributed by atoms with van der Waals surface area (Å²) in [4.78, 5) is 2.38. The van der Waals surface area contributed by atoms with Gasteiger partial charge in [-0.3, -0.25) is 0 Å². The van der Waals surface area contributed by atoms with E-state index in [4.69, 9.17) is 13.9 Å². The molecule has 0 aromatic heterocycles. The Labute approximate surface area is 193 Å². The van der Waals surface area contributed by atoms with Crippen molar-refractivity contribution in [2.24, 2.45) is 0 Å². The summed E-state index contributed by atoms with van der Waals surface area (Å²) in [7, 11) is 0. The minimum Gasteiger partial charge on any atom is -0.456 e. The Bertz CT molecular complexity index is 1340. The molecule has 0 atom stereocenters. The average Bonchev–Trinajstić information content (AvgIpc) is 2.88. The van der Waals surface area contributed by atoms with E-state index in [0.29, 0.717) is 0 Å². The summed E-state index contributed by atoms with van der Waals surface area (Å²) in [6.45, 7) is 8.89. The van der Waals surface area contributed by atoms with Crippen LogP contribution in [0.5, 0.6) is 0 Å². The molecule has 168 valence electrons. The Balaban J connectivity index is 1.61. The normalized spacial score (nSPS) is 17.1. The van der Waals surface area contributed by atoms with Crippen molar-refractivity contribution in [1.29, 1.82) is 0 Å². The third-order valence-electron chi connectivity index (χ3n) is 6.86. The van der Waals surface area contributed by atoms with Crippen LogP contribution >= 0.6 is 0 Å². The highest BCUT2D eigenvalue weighted by Gasteiger charge is 2.21. The van der Waals surface area contributed by atoms with Gasteiger partial charge in [-0.2, -0.15) is 0 Å². The number of nitrogens with zero attached hydrogens (tertiary/aromatic N) is 2. The predicted octanol–water partition coefficient (Wildman–Crippen LogP) is 4.15. The lowest BCUT2D eigenvalue weighted by molar-refractivity contribution is 0.0965. The first-order chi connectivity index (χ1) is 16.3. The van der Waals surface area contributed by atoms with Gasteiger partial charge < -0.3 is 18.8 Å².